The number of hydrogen-bond acceptors (Lipinski definition) is 3. The Kier molecular flexibility index (Phi) is 2.57. The molecule has 0 radical (unpaired) electrons. The molecular weight excluding hydrogens is 224 g/mol. The monoisotopic (exact) mass is 238 g/mol. The van der Waals surface area contributed by atoms with Crippen molar-refractivity contribution in [3.05, 3.63) is 11.8 Å². The predicted molar refractivity (Wildman–Crippen MR) is 60.3 cm³/mol. The zero-order valence-corrected chi connectivity index (χ0v) is 9.85. The summed E-state index contributed by atoms with van der Waals surface area (Å²) in [6.07, 6.45) is -0.585. The number of aromatic carboxylic acids is 1. The number of carboxylic acids is 1. The Bertz CT molecular complexity index is 490. The maximum absolute atomic E-state index is 11.7. The highest BCUT2D eigenvalue weighted by Crippen LogP contribution is 2.34. The normalized spacial score (nSPS) is 18.6. The molecule has 17 heavy (non-hydrogen) atoms. The summed E-state index contributed by atoms with van der Waals surface area (Å²) in [6.45, 7) is 3.74. The van der Waals surface area contributed by atoms with E-state index < -0.39 is 12.1 Å². The van der Waals surface area contributed by atoms with Gasteiger partial charge in [0.25, 0.3) is 5.91 Å². The quantitative estimate of drug-likeness (QED) is 0.807. The molecule has 0 aromatic carbocycles. The lowest BCUT2D eigenvalue weighted by Crippen LogP contribution is -2.40. The van der Waals surface area contributed by atoms with Crippen LogP contribution >= 0.6 is 0 Å². The number of aromatic nitrogens is 1. The first-order valence-corrected chi connectivity index (χ1v) is 5.32. The van der Waals surface area contributed by atoms with Gasteiger partial charge in [-0.05, 0) is 12.0 Å². The molecule has 0 aliphatic carbocycles. The minimum atomic E-state index is -1.05. The molecule has 1 aliphatic rings. The van der Waals surface area contributed by atoms with Gasteiger partial charge < -0.3 is 19.7 Å². The van der Waals surface area contributed by atoms with Gasteiger partial charge in [-0.2, -0.15) is 0 Å². The third-order valence-electron chi connectivity index (χ3n) is 2.76. The molecule has 0 fully saturated rings. The highest BCUT2D eigenvalue weighted by Gasteiger charge is 2.33. The molecule has 2 heterocycles. The van der Waals surface area contributed by atoms with Crippen LogP contribution in [0.2, 0.25) is 0 Å². The second-order valence-electron chi connectivity index (χ2n) is 4.38. The van der Waals surface area contributed by atoms with Gasteiger partial charge in [0.15, 0.2) is 6.10 Å². The van der Waals surface area contributed by atoms with Crippen molar-refractivity contribution in [2.75, 3.05) is 5.32 Å². The molecule has 1 aromatic heterocycles. The van der Waals surface area contributed by atoms with E-state index in [0.29, 0.717) is 11.6 Å². The van der Waals surface area contributed by atoms with Crippen LogP contribution in [0, 0.1) is 5.92 Å². The molecule has 92 valence electrons. The summed E-state index contributed by atoms with van der Waals surface area (Å²) < 4.78 is 6.98. The number of nitrogens with one attached hydrogen (secondary N) is 1. The molecule has 1 aliphatic heterocycles. The molecule has 1 amide bonds. The lowest BCUT2D eigenvalue weighted by atomic mass is 10.1. The van der Waals surface area contributed by atoms with E-state index in [0.717, 1.165) is 0 Å². The standard InChI is InChI=1S/C11H14N2O4/c1-5(2)8-9(14)12-6-4-7(11(15)16)13(3)10(6)17-8/h4-5,8H,1-3H3,(H,12,14)(H,15,16). The molecular formula is C11H14N2O4. The van der Waals surface area contributed by atoms with E-state index in [1.807, 2.05) is 13.8 Å². The van der Waals surface area contributed by atoms with Crippen molar-refractivity contribution >= 4 is 17.6 Å². The molecule has 2 N–H and O–H groups in total. The zero-order chi connectivity index (χ0) is 12.7. The van der Waals surface area contributed by atoms with Crippen LogP contribution in [0.5, 0.6) is 5.88 Å². The Hall–Kier alpha value is -1.98. The number of carbonyl (C=O) groups excluding carboxylic acids is 1. The molecule has 6 heteroatoms. The molecule has 1 unspecified atom stereocenters. The van der Waals surface area contributed by atoms with E-state index >= 15 is 0 Å². The van der Waals surface area contributed by atoms with Crippen LogP contribution in [0.1, 0.15) is 24.3 Å². The highest BCUT2D eigenvalue weighted by molar-refractivity contribution is 5.99. The van der Waals surface area contributed by atoms with Crippen LogP contribution in [0.3, 0.4) is 0 Å². The van der Waals surface area contributed by atoms with E-state index in [1.165, 1.54) is 10.6 Å². The fourth-order valence-electron chi connectivity index (χ4n) is 1.84. The Morgan fingerprint density at radius 2 is 2.24 bits per heavy atom. The number of anilines is 1. The minimum absolute atomic E-state index is 0.0197. The fourth-order valence-corrected chi connectivity index (χ4v) is 1.84. The molecule has 0 saturated carbocycles. The summed E-state index contributed by atoms with van der Waals surface area (Å²) in [7, 11) is 1.59. The number of amides is 1. The predicted octanol–water partition coefficient (Wildman–Crippen LogP) is 1.08. The van der Waals surface area contributed by atoms with Crippen molar-refractivity contribution in [1.29, 1.82) is 0 Å². The lowest BCUT2D eigenvalue weighted by molar-refractivity contribution is -0.125. The molecule has 0 bridgehead atoms. The topological polar surface area (TPSA) is 80.6 Å². The first-order chi connectivity index (χ1) is 7.91. The van der Waals surface area contributed by atoms with E-state index in [-0.39, 0.29) is 17.5 Å². The van der Waals surface area contributed by atoms with Crippen LogP contribution in [0.15, 0.2) is 6.07 Å². The average Bonchev–Trinajstić information content (AvgIpc) is 2.54. The van der Waals surface area contributed by atoms with Crippen LogP contribution in [0.25, 0.3) is 0 Å². The van der Waals surface area contributed by atoms with Gasteiger partial charge in [-0.25, -0.2) is 4.79 Å². The third kappa shape index (κ3) is 1.75. The lowest BCUT2D eigenvalue weighted by Gasteiger charge is -2.26. The number of carboxylic acid groups (broad SMARTS) is 1. The minimum Gasteiger partial charge on any atom is -0.477 e. The van der Waals surface area contributed by atoms with Gasteiger partial charge in [0.2, 0.25) is 5.88 Å². The first-order valence-electron chi connectivity index (χ1n) is 5.32. The van der Waals surface area contributed by atoms with Crippen molar-refractivity contribution < 1.29 is 19.4 Å². The number of rotatable bonds is 2. The van der Waals surface area contributed by atoms with Crippen molar-refractivity contribution in [2.24, 2.45) is 13.0 Å². The van der Waals surface area contributed by atoms with Gasteiger partial charge in [0.05, 0.1) is 0 Å². The Morgan fingerprint density at radius 1 is 1.59 bits per heavy atom. The average molecular weight is 238 g/mol. The van der Waals surface area contributed by atoms with Gasteiger partial charge in [-0.3, -0.25) is 4.79 Å². The van der Waals surface area contributed by atoms with Crippen molar-refractivity contribution in [2.45, 2.75) is 20.0 Å². The molecule has 1 atom stereocenters. The van der Waals surface area contributed by atoms with Crippen LogP contribution in [-0.4, -0.2) is 27.7 Å². The molecule has 0 spiro atoms. The van der Waals surface area contributed by atoms with E-state index in [9.17, 15) is 9.59 Å². The van der Waals surface area contributed by atoms with Crippen LogP contribution < -0.4 is 10.1 Å². The van der Waals surface area contributed by atoms with E-state index in [2.05, 4.69) is 5.32 Å². The molecule has 1 aromatic rings. The Labute approximate surface area is 98.2 Å². The number of nitrogens with zero attached hydrogens (tertiary/aromatic N) is 1. The summed E-state index contributed by atoms with van der Waals surface area (Å²) in [6, 6.07) is 1.39. The van der Waals surface area contributed by atoms with Crippen molar-refractivity contribution in [3.8, 4) is 5.88 Å². The highest BCUT2D eigenvalue weighted by atomic mass is 16.5. The SMILES string of the molecule is CC(C)C1Oc2c(cc(C(=O)O)n2C)NC1=O. The maximum Gasteiger partial charge on any atom is 0.352 e. The summed E-state index contributed by atoms with van der Waals surface area (Å²) in [5.41, 5.74) is 0.492. The van der Waals surface area contributed by atoms with Crippen LogP contribution in [0.4, 0.5) is 5.69 Å². The molecule has 2 rings (SSSR count). The molecule has 0 saturated heterocycles. The summed E-state index contributed by atoms with van der Waals surface area (Å²) >= 11 is 0. The fraction of sp³-hybridized carbons (Fsp3) is 0.455. The number of ether oxygens (including phenoxy) is 1. The van der Waals surface area contributed by atoms with Gasteiger partial charge in [0, 0.05) is 7.05 Å². The largest absolute Gasteiger partial charge is 0.477 e. The molecule has 6 nitrogen and oxygen atoms in total. The van der Waals surface area contributed by atoms with Gasteiger partial charge in [-0.1, -0.05) is 13.8 Å². The van der Waals surface area contributed by atoms with Gasteiger partial charge in [0.1, 0.15) is 11.4 Å². The Morgan fingerprint density at radius 3 is 2.76 bits per heavy atom. The zero-order valence-electron chi connectivity index (χ0n) is 9.85. The summed E-state index contributed by atoms with van der Waals surface area (Å²) in [5, 5.41) is 11.6. The van der Waals surface area contributed by atoms with Crippen molar-refractivity contribution in [3.63, 3.8) is 0 Å². The van der Waals surface area contributed by atoms with E-state index in [4.69, 9.17) is 9.84 Å². The first kappa shape index (κ1) is 11.5. The maximum atomic E-state index is 11.7. The van der Waals surface area contributed by atoms with Gasteiger partial charge in [-0.15, -0.1) is 0 Å². The van der Waals surface area contributed by atoms with Crippen molar-refractivity contribution in [1.82, 2.24) is 4.57 Å². The van der Waals surface area contributed by atoms with E-state index in [1.54, 1.807) is 7.05 Å². The summed E-state index contributed by atoms with van der Waals surface area (Å²) in [4.78, 5) is 22.6. The smallest absolute Gasteiger partial charge is 0.352 e. The number of carbonyl (C=O) groups is 2. The second kappa shape index (κ2) is 3.80. The van der Waals surface area contributed by atoms with Crippen LogP contribution in [-0.2, 0) is 11.8 Å². The van der Waals surface area contributed by atoms with Gasteiger partial charge >= 0.3 is 5.97 Å². The summed E-state index contributed by atoms with van der Waals surface area (Å²) in [5.74, 6) is -0.886. The number of hydrogen-bond donors (Lipinski definition) is 2. The Balaban J connectivity index is 2.43. The third-order valence-corrected chi connectivity index (χ3v) is 2.76. The number of fused-ring (bicyclic) bond motifs is 1. The second-order valence-corrected chi connectivity index (χ2v) is 4.38.